The summed E-state index contributed by atoms with van der Waals surface area (Å²) in [6.45, 7) is 0. The lowest BCUT2D eigenvalue weighted by atomic mass is 10.2. The van der Waals surface area contributed by atoms with Crippen molar-refractivity contribution in [3.8, 4) is 0 Å². The van der Waals surface area contributed by atoms with Crippen molar-refractivity contribution >= 4 is 23.5 Å². The molecule has 0 aliphatic carbocycles. The Morgan fingerprint density at radius 1 is 1.44 bits per heavy atom. The van der Waals surface area contributed by atoms with Crippen molar-refractivity contribution in [3.05, 3.63) is 11.7 Å². The SMILES string of the molecule is OC(Cc1nc(C2CSCCS2)no1)C(F)(F)F. The van der Waals surface area contributed by atoms with Crippen LogP contribution in [0.1, 0.15) is 17.0 Å². The lowest BCUT2D eigenvalue weighted by molar-refractivity contribution is -0.204. The minimum atomic E-state index is -4.66. The van der Waals surface area contributed by atoms with Gasteiger partial charge in [0.05, 0.1) is 11.7 Å². The summed E-state index contributed by atoms with van der Waals surface area (Å²) >= 11 is 3.42. The van der Waals surface area contributed by atoms with E-state index in [9.17, 15) is 13.2 Å². The molecular formula is C9H11F3N2O2S2. The van der Waals surface area contributed by atoms with Gasteiger partial charge in [-0.3, -0.25) is 0 Å². The molecule has 1 aromatic heterocycles. The van der Waals surface area contributed by atoms with Crippen molar-refractivity contribution < 1.29 is 22.8 Å². The summed E-state index contributed by atoms with van der Waals surface area (Å²) in [7, 11) is 0. The molecule has 102 valence electrons. The molecule has 0 aromatic carbocycles. The van der Waals surface area contributed by atoms with E-state index in [4.69, 9.17) is 9.63 Å². The molecule has 18 heavy (non-hydrogen) atoms. The highest BCUT2D eigenvalue weighted by atomic mass is 32.2. The smallest absolute Gasteiger partial charge is 0.383 e. The van der Waals surface area contributed by atoms with Crippen LogP contribution in [0.3, 0.4) is 0 Å². The Kier molecular flexibility index (Phi) is 4.44. The van der Waals surface area contributed by atoms with Gasteiger partial charge in [-0.1, -0.05) is 5.16 Å². The lowest BCUT2D eigenvalue weighted by Crippen LogP contribution is -2.30. The van der Waals surface area contributed by atoms with E-state index in [0.29, 0.717) is 5.82 Å². The zero-order chi connectivity index (χ0) is 13.2. The minimum Gasteiger partial charge on any atom is -0.383 e. The minimum absolute atomic E-state index is 0.0595. The van der Waals surface area contributed by atoms with Crippen LogP contribution < -0.4 is 0 Å². The number of nitrogens with zero attached hydrogens (tertiary/aromatic N) is 2. The number of thioether (sulfide) groups is 2. The second-order valence-electron chi connectivity index (χ2n) is 3.74. The monoisotopic (exact) mass is 300 g/mol. The van der Waals surface area contributed by atoms with Crippen LogP contribution >= 0.6 is 23.5 Å². The van der Waals surface area contributed by atoms with Crippen molar-refractivity contribution in [2.24, 2.45) is 0 Å². The first-order valence-corrected chi connectivity index (χ1v) is 7.44. The second-order valence-corrected chi connectivity index (χ2v) is 6.20. The van der Waals surface area contributed by atoms with Gasteiger partial charge < -0.3 is 9.63 Å². The first-order chi connectivity index (χ1) is 8.47. The quantitative estimate of drug-likeness (QED) is 0.922. The first kappa shape index (κ1) is 14.0. The number of aromatic nitrogens is 2. The van der Waals surface area contributed by atoms with Gasteiger partial charge in [-0.15, -0.1) is 11.8 Å². The normalized spacial score (nSPS) is 23.0. The van der Waals surface area contributed by atoms with Gasteiger partial charge in [0.25, 0.3) is 0 Å². The average Bonchev–Trinajstić information content (AvgIpc) is 2.77. The number of alkyl halides is 3. The topological polar surface area (TPSA) is 59.2 Å². The van der Waals surface area contributed by atoms with E-state index in [2.05, 4.69) is 10.1 Å². The van der Waals surface area contributed by atoms with Gasteiger partial charge in [0, 0.05) is 17.3 Å². The molecule has 0 spiro atoms. The molecule has 1 aliphatic rings. The van der Waals surface area contributed by atoms with Crippen LogP contribution in [-0.2, 0) is 6.42 Å². The van der Waals surface area contributed by atoms with Crippen LogP contribution in [0.5, 0.6) is 0 Å². The van der Waals surface area contributed by atoms with E-state index < -0.39 is 18.7 Å². The average molecular weight is 300 g/mol. The fourth-order valence-electron chi connectivity index (χ4n) is 1.40. The van der Waals surface area contributed by atoms with Gasteiger partial charge in [-0.25, -0.2) is 0 Å². The molecule has 4 nitrogen and oxygen atoms in total. The van der Waals surface area contributed by atoms with Crippen LogP contribution in [0.15, 0.2) is 4.52 Å². The zero-order valence-electron chi connectivity index (χ0n) is 9.18. The molecule has 0 radical (unpaired) electrons. The van der Waals surface area contributed by atoms with E-state index in [0.717, 1.165) is 17.3 Å². The lowest BCUT2D eigenvalue weighted by Gasteiger charge is -2.17. The van der Waals surface area contributed by atoms with Crippen LogP contribution in [0.2, 0.25) is 0 Å². The van der Waals surface area contributed by atoms with Crippen LogP contribution in [0, 0.1) is 0 Å². The Morgan fingerprint density at radius 3 is 2.83 bits per heavy atom. The predicted octanol–water partition coefficient (Wildman–Crippen LogP) is 2.06. The molecule has 0 saturated carbocycles. The molecule has 9 heteroatoms. The summed E-state index contributed by atoms with van der Waals surface area (Å²) in [4.78, 5) is 3.92. The van der Waals surface area contributed by atoms with E-state index in [-0.39, 0.29) is 11.1 Å². The Bertz CT molecular complexity index is 393. The summed E-state index contributed by atoms with van der Waals surface area (Å²) < 4.78 is 41.2. The van der Waals surface area contributed by atoms with Crippen LogP contribution in [0.25, 0.3) is 0 Å². The maximum atomic E-state index is 12.1. The van der Waals surface area contributed by atoms with Crippen LogP contribution in [-0.4, -0.2) is 44.8 Å². The third kappa shape index (κ3) is 3.55. The summed E-state index contributed by atoms with van der Waals surface area (Å²) in [5, 5.41) is 12.6. The number of aliphatic hydroxyl groups is 1. The molecule has 2 unspecified atom stereocenters. The van der Waals surface area contributed by atoms with E-state index in [1.165, 1.54) is 0 Å². The summed E-state index contributed by atoms with van der Waals surface area (Å²) in [6, 6.07) is 0. The molecule has 1 aliphatic heterocycles. The molecule has 0 bridgehead atoms. The highest BCUT2D eigenvalue weighted by Crippen LogP contribution is 2.35. The van der Waals surface area contributed by atoms with Crippen molar-refractivity contribution in [2.45, 2.75) is 24.0 Å². The van der Waals surface area contributed by atoms with Gasteiger partial charge in [0.15, 0.2) is 11.9 Å². The Balaban J connectivity index is 1.97. The number of rotatable bonds is 3. The molecule has 1 N–H and O–H groups in total. The second kappa shape index (κ2) is 5.70. The molecule has 1 aromatic rings. The van der Waals surface area contributed by atoms with Gasteiger partial charge in [-0.2, -0.15) is 29.9 Å². The molecule has 1 saturated heterocycles. The maximum Gasteiger partial charge on any atom is 0.414 e. The fraction of sp³-hybridized carbons (Fsp3) is 0.778. The summed E-state index contributed by atoms with van der Waals surface area (Å²) in [5.74, 6) is 3.08. The maximum absolute atomic E-state index is 12.1. The van der Waals surface area contributed by atoms with E-state index in [1.54, 1.807) is 23.5 Å². The number of halogens is 3. The largest absolute Gasteiger partial charge is 0.414 e. The highest BCUT2D eigenvalue weighted by Gasteiger charge is 2.39. The summed E-state index contributed by atoms with van der Waals surface area (Å²) in [6.07, 6.45) is -7.82. The molecular weight excluding hydrogens is 289 g/mol. The third-order valence-electron chi connectivity index (χ3n) is 2.33. The van der Waals surface area contributed by atoms with E-state index >= 15 is 0 Å². The van der Waals surface area contributed by atoms with Gasteiger partial charge in [0.2, 0.25) is 5.89 Å². The number of aliphatic hydroxyl groups excluding tert-OH is 1. The van der Waals surface area contributed by atoms with Crippen LogP contribution in [0.4, 0.5) is 13.2 Å². The predicted molar refractivity (Wildman–Crippen MR) is 62.6 cm³/mol. The van der Waals surface area contributed by atoms with Gasteiger partial charge in [0.1, 0.15) is 0 Å². The Hall–Kier alpha value is -0.410. The zero-order valence-corrected chi connectivity index (χ0v) is 10.8. The highest BCUT2D eigenvalue weighted by molar-refractivity contribution is 8.06. The van der Waals surface area contributed by atoms with Gasteiger partial charge in [-0.05, 0) is 0 Å². The molecule has 1 fully saturated rings. The summed E-state index contributed by atoms with van der Waals surface area (Å²) in [5.41, 5.74) is 0. The van der Waals surface area contributed by atoms with Crippen molar-refractivity contribution in [2.75, 3.05) is 17.3 Å². The Labute approximate surface area is 110 Å². The van der Waals surface area contributed by atoms with Crippen molar-refractivity contribution in [1.29, 1.82) is 0 Å². The standard InChI is InChI=1S/C9H11F3N2O2S2/c10-9(11,12)6(15)3-7-13-8(14-16-7)5-4-17-1-2-18-5/h5-6,15H,1-4H2. The number of hydrogen-bond acceptors (Lipinski definition) is 6. The third-order valence-corrected chi connectivity index (χ3v) is 5.08. The fourth-order valence-corrected chi connectivity index (χ4v) is 3.99. The first-order valence-electron chi connectivity index (χ1n) is 5.23. The molecule has 2 atom stereocenters. The van der Waals surface area contributed by atoms with Crippen molar-refractivity contribution in [3.63, 3.8) is 0 Å². The Morgan fingerprint density at radius 2 is 2.22 bits per heavy atom. The number of hydrogen-bond donors (Lipinski definition) is 1. The molecule has 2 rings (SSSR count). The van der Waals surface area contributed by atoms with Gasteiger partial charge >= 0.3 is 6.18 Å². The molecule has 0 amide bonds. The van der Waals surface area contributed by atoms with Crippen molar-refractivity contribution in [1.82, 2.24) is 10.1 Å². The molecule has 2 heterocycles. The van der Waals surface area contributed by atoms with E-state index in [1.807, 2.05) is 0 Å².